The topological polar surface area (TPSA) is 80.9 Å². The fourth-order valence-electron chi connectivity index (χ4n) is 7.86. The van der Waals surface area contributed by atoms with Crippen molar-refractivity contribution in [1.29, 1.82) is 0 Å². The smallest absolute Gasteiger partial charge is 0.124 e. The van der Waals surface area contributed by atoms with Gasteiger partial charge in [-0.05, 0) is 96.5 Å². The lowest BCUT2D eigenvalue weighted by Crippen LogP contribution is -2.05. The molecule has 0 heterocycles. The van der Waals surface area contributed by atoms with Crippen LogP contribution in [0.4, 0.5) is 0 Å². The summed E-state index contributed by atoms with van der Waals surface area (Å²) in [6.45, 7) is 8.12. The van der Waals surface area contributed by atoms with E-state index in [1.165, 1.54) is 0 Å². The number of benzene rings is 8. The third kappa shape index (κ3) is 7.13. The zero-order chi connectivity index (χ0) is 40.5. The maximum absolute atomic E-state index is 12.4. The number of hydrogen-bond acceptors (Lipinski definition) is 4. The average Bonchev–Trinajstić information content (AvgIpc) is 3.22. The fourth-order valence-corrected chi connectivity index (χ4v) is 7.86. The molecule has 4 N–H and O–H groups in total. The van der Waals surface area contributed by atoms with Crippen molar-refractivity contribution in [3.63, 3.8) is 0 Å². The van der Waals surface area contributed by atoms with Gasteiger partial charge in [-0.3, -0.25) is 0 Å². The lowest BCUT2D eigenvalue weighted by Gasteiger charge is -2.27. The Morgan fingerprint density at radius 2 is 0.448 bits per heavy atom. The van der Waals surface area contributed by atoms with Gasteiger partial charge in [0.15, 0.2) is 0 Å². The minimum atomic E-state index is -0.0386. The Bertz CT molecular complexity index is 2420. The molecular weight excluding hydrogens is 713 g/mol. The summed E-state index contributed by atoms with van der Waals surface area (Å²) in [5, 5.41) is 49.6. The first-order chi connectivity index (χ1) is 28.1. The van der Waals surface area contributed by atoms with Gasteiger partial charge in [-0.15, -0.1) is 0 Å². The largest absolute Gasteiger partial charge is 0.507 e. The van der Waals surface area contributed by atoms with Crippen LogP contribution in [0.15, 0.2) is 170 Å². The third-order valence-corrected chi connectivity index (χ3v) is 10.9. The molecule has 0 radical (unpaired) electrons. The number of aryl methyl sites for hydroxylation is 4. The highest BCUT2D eigenvalue weighted by Crippen LogP contribution is 2.54. The van der Waals surface area contributed by atoms with Crippen LogP contribution < -0.4 is 0 Å². The predicted molar refractivity (Wildman–Crippen MR) is 238 cm³/mol. The molecular formula is C54H44O4. The van der Waals surface area contributed by atoms with Gasteiger partial charge in [-0.25, -0.2) is 0 Å². The standard InChI is InChI=1S/C54H44O4/c1-33-17-25-37(26-18-33)41-9-5-13-45(55)49(41)53(50-42(10-6-14-46(50)56)38-27-19-34(2)20-28-38)54(51-43(11-7-15-47(51)57)39-29-21-35(3)22-30-39)52-44(12-8-16-48(52)58)40-31-23-36(4)24-32-40/h5-32,55-58H,1-4H3. The molecule has 0 aliphatic carbocycles. The molecule has 0 saturated carbocycles. The Morgan fingerprint density at radius 1 is 0.259 bits per heavy atom. The minimum Gasteiger partial charge on any atom is -0.507 e. The second-order valence-corrected chi connectivity index (χ2v) is 15.0. The summed E-state index contributed by atoms with van der Waals surface area (Å²) >= 11 is 0. The van der Waals surface area contributed by atoms with Crippen LogP contribution in [-0.2, 0) is 0 Å². The van der Waals surface area contributed by atoms with E-state index in [1.54, 1.807) is 24.3 Å². The lowest BCUT2D eigenvalue weighted by atomic mass is 9.76. The van der Waals surface area contributed by atoms with E-state index < -0.39 is 0 Å². The average molecular weight is 757 g/mol. The molecule has 0 bridgehead atoms. The van der Waals surface area contributed by atoms with E-state index >= 15 is 0 Å². The summed E-state index contributed by atoms with van der Waals surface area (Å²) in [5.74, 6) is -0.154. The molecule has 0 saturated heterocycles. The molecule has 0 spiro atoms. The molecule has 8 aromatic rings. The van der Waals surface area contributed by atoms with Gasteiger partial charge < -0.3 is 20.4 Å². The van der Waals surface area contributed by atoms with E-state index in [1.807, 2.05) is 173 Å². The Hall–Kier alpha value is -7.30. The number of aromatic hydroxyl groups is 4. The Kier molecular flexibility index (Phi) is 10.2. The van der Waals surface area contributed by atoms with Crippen LogP contribution in [0, 0.1) is 27.7 Å². The van der Waals surface area contributed by atoms with Crippen LogP contribution in [0.2, 0.25) is 0 Å². The zero-order valence-corrected chi connectivity index (χ0v) is 33.0. The number of phenolic OH excluding ortho intramolecular Hbond substituents is 4. The first-order valence-corrected chi connectivity index (χ1v) is 19.4. The van der Waals surface area contributed by atoms with Crippen molar-refractivity contribution in [3.05, 3.63) is 214 Å². The number of hydrogen-bond donors (Lipinski definition) is 4. The molecule has 0 aliphatic heterocycles. The fraction of sp³-hybridized carbons (Fsp3) is 0.0741. The van der Waals surface area contributed by atoms with Crippen molar-refractivity contribution in [1.82, 2.24) is 0 Å². The van der Waals surface area contributed by atoms with Crippen molar-refractivity contribution < 1.29 is 20.4 Å². The van der Waals surface area contributed by atoms with Crippen molar-refractivity contribution >= 4 is 11.1 Å². The summed E-state index contributed by atoms with van der Waals surface area (Å²) in [6, 6.07) is 54.1. The Balaban J connectivity index is 1.67. The van der Waals surface area contributed by atoms with Crippen LogP contribution in [0.3, 0.4) is 0 Å². The second kappa shape index (κ2) is 15.7. The van der Waals surface area contributed by atoms with E-state index in [0.717, 1.165) is 44.5 Å². The van der Waals surface area contributed by atoms with Gasteiger partial charge >= 0.3 is 0 Å². The highest BCUT2D eigenvalue weighted by Gasteiger charge is 2.31. The molecule has 0 aliphatic rings. The van der Waals surface area contributed by atoms with Crippen LogP contribution >= 0.6 is 0 Å². The lowest BCUT2D eigenvalue weighted by molar-refractivity contribution is 0.469. The SMILES string of the molecule is Cc1ccc(-c2cccc(O)c2C(=C(c2c(O)cccc2-c2ccc(C)cc2)c2c(O)cccc2-c2ccc(C)cc2)c2c(O)cccc2-c2ccc(C)cc2)cc1. The minimum absolute atomic E-state index is 0.0386. The maximum Gasteiger partial charge on any atom is 0.124 e. The van der Waals surface area contributed by atoms with Crippen LogP contribution in [0.1, 0.15) is 44.5 Å². The molecule has 4 nitrogen and oxygen atoms in total. The van der Waals surface area contributed by atoms with Gasteiger partial charge in [0.05, 0.1) is 0 Å². The Morgan fingerprint density at radius 3 is 0.638 bits per heavy atom. The number of phenols is 4. The van der Waals surface area contributed by atoms with Crippen molar-refractivity contribution in [3.8, 4) is 67.5 Å². The highest BCUT2D eigenvalue weighted by molar-refractivity contribution is 6.16. The normalized spacial score (nSPS) is 11.0. The molecule has 8 aromatic carbocycles. The first kappa shape index (κ1) is 37.6. The van der Waals surface area contributed by atoms with Crippen molar-refractivity contribution in [2.24, 2.45) is 0 Å². The molecule has 0 amide bonds. The van der Waals surface area contributed by atoms with E-state index in [-0.39, 0.29) is 23.0 Å². The molecule has 0 atom stereocenters. The van der Waals surface area contributed by atoms with Crippen molar-refractivity contribution in [2.45, 2.75) is 27.7 Å². The molecule has 4 heteroatoms. The number of rotatable bonds is 8. The van der Waals surface area contributed by atoms with Gasteiger partial charge in [0.1, 0.15) is 23.0 Å². The Labute approximate surface area is 340 Å². The molecule has 284 valence electrons. The highest BCUT2D eigenvalue weighted by atomic mass is 16.3. The monoisotopic (exact) mass is 756 g/mol. The molecule has 58 heavy (non-hydrogen) atoms. The van der Waals surface area contributed by atoms with Crippen LogP contribution in [-0.4, -0.2) is 20.4 Å². The predicted octanol–water partition coefficient (Wildman–Crippen LogP) is 13.4. The van der Waals surface area contributed by atoms with Gasteiger partial charge in [0, 0.05) is 33.4 Å². The summed E-state index contributed by atoms with van der Waals surface area (Å²) in [4.78, 5) is 0. The molecule has 0 fully saturated rings. The van der Waals surface area contributed by atoms with Gasteiger partial charge in [-0.1, -0.05) is 168 Å². The summed E-state index contributed by atoms with van der Waals surface area (Å²) in [6.07, 6.45) is 0. The van der Waals surface area contributed by atoms with E-state index in [4.69, 9.17) is 0 Å². The van der Waals surface area contributed by atoms with Crippen LogP contribution in [0.25, 0.3) is 55.7 Å². The third-order valence-electron chi connectivity index (χ3n) is 10.9. The van der Waals surface area contributed by atoms with E-state index in [9.17, 15) is 20.4 Å². The maximum atomic E-state index is 12.4. The van der Waals surface area contributed by atoms with Gasteiger partial charge in [-0.2, -0.15) is 0 Å². The summed E-state index contributed by atoms with van der Waals surface area (Å²) in [7, 11) is 0. The van der Waals surface area contributed by atoms with Crippen LogP contribution in [0.5, 0.6) is 23.0 Å². The molecule has 8 rings (SSSR count). The van der Waals surface area contributed by atoms with E-state index in [2.05, 4.69) is 0 Å². The summed E-state index contributed by atoms with van der Waals surface area (Å²) < 4.78 is 0. The van der Waals surface area contributed by atoms with Gasteiger partial charge in [0.2, 0.25) is 0 Å². The quantitative estimate of drug-likeness (QED) is 0.116. The summed E-state index contributed by atoms with van der Waals surface area (Å²) in [5.41, 5.74) is 13.0. The van der Waals surface area contributed by atoms with E-state index in [0.29, 0.717) is 55.7 Å². The molecule has 0 unspecified atom stereocenters. The second-order valence-electron chi connectivity index (χ2n) is 15.0. The first-order valence-electron chi connectivity index (χ1n) is 19.4. The zero-order valence-electron chi connectivity index (χ0n) is 33.0. The van der Waals surface area contributed by atoms with Gasteiger partial charge in [0.25, 0.3) is 0 Å². The molecule has 0 aromatic heterocycles. The van der Waals surface area contributed by atoms with Crippen molar-refractivity contribution in [2.75, 3.05) is 0 Å².